The molecule has 5 nitrogen and oxygen atoms in total. The minimum atomic E-state index is -4.52. The molecule has 0 fully saturated rings. The molecule has 0 aliphatic carbocycles. The molecule has 0 unspecified atom stereocenters. The predicted octanol–water partition coefficient (Wildman–Crippen LogP) is 4.11. The summed E-state index contributed by atoms with van der Waals surface area (Å²) in [6.45, 7) is 1.62. The molecule has 2 rings (SSSR count). The number of aryl methyl sites for hydroxylation is 1. The van der Waals surface area contributed by atoms with Crippen LogP contribution in [0.15, 0.2) is 22.7 Å². The Bertz CT molecular complexity index is 729. The Hall–Kier alpha value is -1.77. The van der Waals surface area contributed by atoms with E-state index < -0.39 is 17.6 Å². The van der Waals surface area contributed by atoms with Gasteiger partial charge in [-0.3, -0.25) is 4.79 Å². The van der Waals surface area contributed by atoms with Crippen LogP contribution in [0.1, 0.15) is 28.8 Å². The van der Waals surface area contributed by atoms with Crippen molar-refractivity contribution in [2.24, 2.45) is 5.73 Å². The largest absolute Gasteiger partial charge is 0.416 e. The molecule has 0 saturated carbocycles. The monoisotopic (exact) mass is 397 g/mol. The number of halogens is 5. The number of hydrogen-bond acceptors (Lipinski definition) is 4. The van der Waals surface area contributed by atoms with Crippen molar-refractivity contribution in [3.8, 4) is 0 Å². The molecular weight excluding hydrogens is 382 g/mol. The first-order valence-electron chi connectivity index (χ1n) is 7.02. The molecule has 1 heterocycles. The number of carbonyl (C=O) groups excluding carboxylic acids is 1. The summed E-state index contributed by atoms with van der Waals surface area (Å²) in [5.41, 5.74) is 6.03. The molecule has 0 aliphatic rings. The van der Waals surface area contributed by atoms with Crippen molar-refractivity contribution < 1.29 is 22.5 Å². The molecule has 0 radical (unpaired) electrons. The van der Waals surface area contributed by atoms with Gasteiger partial charge in [0.05, 0.1) is 11.3 Å². The average Bonchev–Trinajstić information content (AvgIpc) is 2.82. The number of nitrogens with zero attached hydrogens (tertiary/aromatic N) is 1. The van der Waals surface area contributed by atoms with Crippen LogP contribution in [0.3, 0.4) is 0 Å². The Kier molecular flexibility index (Phi) is 7.28. The van der Waals surface area contributed by atoms with Gasteiger partial charge in [-0.05, 0) is 48.7 Å². The van der Waals surface area contributed by atoms with Crippen LogP contribution in [0.5, 0.6) is 0 Å². The Balaban J connectivity index is 0.00000312. The van der Waals surface area contributed by atoms with E-state index in [1.54, 1.807) is 6.92 Å². The van der Waals surface area contributed by atoms with Gasteiger partial charge < -0.3 is 15.6 Å². The molecule has 1 aromatic carbocycles. The van der Waals surface area contributed by atoms with E-state index in [1.807, 2.05) is 0 Å². The predicted molar refractivity (Wildman–Crippen MR) is 89.8 cm³/mol. The lowest BCUT2D eigenvalue weighted by atomic mass is 10.1. The van der Waals surface area contributed by atoms with E-state index in [-0.39, 0.29) is 48.3 Å². The molecular formula is C15H16Cl2F3N3O2. The lowest BCUT2D eigenvalue weighted by Crippen LogP contribution is -2.15. The molecule has 1 aromatic heterocycles. The number of nitrogens with two attached hydrogens (primary N) is 1. The molecule has 138 valence electrons. The topological polar surface area (TPSA) is 81.2 Å². The Labute approximate surface area is 153 Å². The van der Waals surface area contributed by atoms with Crippen molar-refractivity contribution >= 4 is 35.6 Å². The Morgan fingerprint density at radius 3 is 2.56 bits per heavy atom. The van der Waals surface area contributed by atoms with Crippen molar-refractivity contribution in [2.45, 2.75) is 32.5 Å². The quantitative estimate of drug-likeness (QED) is 0.795. The molecule has 10 heteroatoms. The number of benzene rings is 1. The maximum absolute atomic E-state index is 12.9. The second kappa shape index (κ2) is 8.55. The van der Waals surface area contributed by atoms with Crippen LogP contribution in [0, 0.1) is 6.92 Å². The number of rotatable bonds is 5. The van der Waals surface area contributed by atoms with Gasteiger partial charge in [-0.25, -0.2) is 0 Å². The van der Waals surface area contributed by atoms with Gasteiger partial charge in [0.2, 0.25) is 11.1 Å². The number of hydrogen-bond donors (Lipinski definition) is 2. The first-order valence-corrected chi connectivity index (χ1v) is 7.40. The van der Waals surface area contributed by atoms with E-state index in [4.69, 9.17) is 21.9 Å². The summed E-state index contributed by atoms with van der Waals surface area (Å²) in [5.74, 6) is -0.450. The van der Waals surface area contributed by atoms with E-state index in [9.17, 15) is 18.0 Å². The number of anilines is 1. The first-order chi connectivity index (χ1) is 11.2. The summed E-state index contributed by atoms with van der Waals surface area (Å²) in [7, 11) is 0. The van der Waals surface area contributed by atoms with Gasteiger partial charge in [-0.1, -0.05) is 5.16 Å². The number of alkyl halides is 3. The number of amides is 1. The second-order valence-corrected chi connectivity index (χ2v) is 5.53. The zero-order chi connectivity index (χ0) is 17.9. The summed E-state index contributed by atoms with van der Waals surface area (Å²) >= 11 is 5.80. The zero-order valence-electron chi connectivity index (χ0n) is 13.1. The van der Waals surface area contributed by atoms with Crippen LogP contribution >= 0.6 is 24.0 Å². The van der Waals surface area contributed by atoms with Gasteiger partial charge in [-0.15, -0.1) is 12.4 Å². The fraction of sp³-hybridized carbons (Fsp3) is 0.333. The van der Waals surface area contributed by atoms with E-state index >= 15 is 0 Å². The van der Waals surface area contributed by atoms with Gasteiger partial charge in [-0.2, -0.15) is 13.2 Å². The average molecular weight is 398 g/mol. The SMILES string of the molecule is Cc1noc(Cl)c1CCC(=O)Nc1cc(CN)cc(C(F)(F)F)c1.Cl. The second-order valence-electron chi connectivity index (χ2n) is 5.19. The van der Waals surface area contributed by atoms with Crippen molar-refractivity contribution in [1.29, 1.82) is 0 Å². The van der Waals surface area contributed by atoms with Crippen LogP contribution in [0.2, 0.25) is 5.22 Å². The van der Waals surface area contributed by atoms with Crippen molar-refractivity contribution in [3.63, 3.8) is 0 Å². The molecule has 3 N–H and O–H groups in total. The molecule has 1 amide bonds. The standard InChI is InChI=1S/C15H15ClF3N3O2.ClH/c1-8-12(14(16)24-22-8)2-3-13(23)21-11-5-9(7-20)4-10(6-11)15(17,18)19;/h4-6H,2-3,7,20H2,1H3,(H,21,23);1H. The number of aromatic nitrogens is 1. The molecule has 0 aliphatic heterocycles. The lowest BCUT2D eigenvalue weighted by Gasteiger charge is -2.12. The van der Waals surface area contributed by atoms with Gasteiger partial charge >= 0.3 is 6.18 Å². The van der Waals surface area contributed by atoms with E-state index in [0.29, 0.717) is 11.3 Å². The van der Waals surface area contributed by atoms with Gasteiger partial charge in [0.1, 0.15) is 0 Å². The van der Waals surface area contributed by atoms with Gasteiger partial charge in [0.15, 0.2) is 0 Å². The highest BCUT2D eigenvalue weighted by molar-refractivity contribution is 6.29. The summed E-state index contributed by atoms with van der Waals surface area (Å²) in [6.07, 6.45) is -4.23. The van der Waals surface area contributed by atoms with Crippen LogP contribution in [0.4, 0.5) is 18.9 Å². The highest BCUT2D eigenvalue weighted by Gasteiger charge is 2.31. The minimum Gasteiger partial charge on any atom is -0.344 e. The first kappa shape index (κ1) is 21.3. The zero-order valence-corrected chi connectivity index (χ0v) is 14.7. The third-order valence-electron chi connectivity index (χ3n) is 3.38. The van der Waals surface area contributed by atoms with Crippen molar-refractivity contribution in [3.05, 3.63) is 45.8 Å². The molecule has 0 saturated heterocycles. The van der Waals surface area contributed by atoms with Gasteiger partial charge in [0, 0.05) is 24.2 Å². The van der Waals surface area contributed by atoms with Crippen LogP contribution in [-0.2, 0) is 23.9 Å². The Morgan fingerprint density at radius 2 is 2.04 bits per heavy atom. The molecule has 0 bridgehead atoms. The van der Waals surface area contributed by atoms with Crippen molar-refractivity contribution in [2.75, 3.05) is 5.32 Å². The maximum atomic E-state index is 12.9. The fourth-order valence-electron chi connectivity index (χ4n) is 2.15. The van der Waals surface area contributed by atoms with E-state index in [0.717, 1.165) is 12.1 Å². The summed E-state index contributed by atoms with van der Waals surface area (Å²) in [5, 5.41) is 6.21. The molecule has 0 atom stereocenters. The Morgan fingerprint density at radius 1 is 1.36 bits per heavy atom. The molecule has 2 aromatic rings. The van der Waals surface area contributed by atoms with Gasteiger partial charge in [0.25, 0.3) is 0 Å². The normalized spacial score (nSPS) is 11.1. The smallest absolute Gasteiger partial charge is 0.344 e. The maximum Gasteiger partial charge on any atom is 0.416 e. The van der Waals surface area contributed by atoms with E-state index in [2.05, 4.69) is 10.5 Å². The third kappa shape index (κ3) is 5.62. The van der Waals surface area contributed by atoms with E-state index in [1.165, 1.54) is 6.07 Å². The molecule has 0 spiro atoms. The molecule has 25 heavy (non-hydrogen) atoms. The van der Waals surface area contributed by atoms with Crippen molar-refractivity contribution in [1.82, 2.24) is 5.16 Å². The summed E-state index contributed by atoms with van der Waals surface area (Å²) in [6, 6.07) is 3.23. The highest BCUT2D eigenvalue weighted by atomic mass is 35.5. The highest BCUT2D eigenvalue weighted by Crippen LogP contribution is 2.32. The fourth-order valence-corrected chi connectivity index (χ4v) is 2.41. The van der Waals surface area contributed by atoms with Crippen LogP contribution in [-0.4, -0.2) is 11.1 Å². The summed E-state index contributed by atoms with van der Waals surface area (Å²) in [4.78, 5) is 12.0. The lowest BCUT2D eigenvalue weighted by molar-refractivity contribution is -0.137. The number of carbonyl (C=O) groups is 1. The third-order valence-corrected chi connectivity index (χ3v) is 3.68. The van der Waals surface area contributed by atoms with Crippen LogP contribution in [0.25, 0.3) is 0 Å². The summed E-state index contributed by atoms with van der Waals surface area (Å²) < 4.78 is 43.4. The minimum absolute atomic E-state index is 0. The number of nitrogens with one attached hydrogen (secondary N) is 1. The van der Waals surface area contributed by atoms with Crippen LogP contribution < -0.4 is 11.1 Å².